The zero-order chi connectivity index (χ0) is 10.8. The highest BCUT2D eigenvalue weighted by molar-refractivity contribution is 7.15. The Labute approximate surface area is 93.6 Å². The number of hydrogen-bond acceptors (Lipinski definition) is 6. The van der Waals surface area contributed by atoms with Gasteiger partial charge in [-0.3, -0.25) is 10.3 Å². The molecular formula is C9H17N5S. The molecule has 3 N–H and O–H groups in total. The largest absolute Gasteiger partial charge is 0.299 e. The summed E-state index contributed by atoms with van der Waals surface area (Å²) in [5, 5.41) is 9.65. The van der Waals surface area contributed by atoms with Gasteiger partial charge < -0.3 is 0 Å². The van der Waals surface area contributed by atoms with E-state index < -0.39 is 0 Å². The lowest BCUT2D eigenvalue weighted by Crippen LogP contribution is -2.20. The minimum atomic E-state index is 0.679. The number of rotatable bonds is 5. The highest BCUT2D eigenvalue weighted by Gasteiger charge is 2.33. The number of nitrogens with zero attached hydrogens (tertiary/aromatic N) is 3. The second-order valence-electron chi connectivity index (χ2n) is 4.32. The fourth-order valence-electron chi connectivity index (χ4n) is 1.73. The summed E-state index contributed by atoms with van der Waals surface area (Å²) in [5.41, 5.74) is 2.51. The van der Waals surface area contributed by atoms with Crippen molar-refractivity contribution in [3.8, 4) is 0 Å². The lowest BCUT2D eigenvalue weighted by Gasteiger charge is -2.13. The quantitative estimate of drug-likeness (QED) is 0.578. The third kappa shape index (κ3) is 2.87. The maximum Gasteiger partial charge on any atom is 0.219 e. The summed E-state index contributed by atoms with van der Waals surface area (Å²) in [4.78, 5) is 2.30. The van der Waals surface area contributed by atoms with Crippen LogP contribution in [0.15, 0.2) is 0 Å². The lowest BCUT2D eigenvalue weighted by molar-refractivity contribution is 0.306. The predicted molar refractivity (Wildman–Crippen MR) is 61.3 cm³/mol. The van der Waals surface area contributed by atoms with Crippen LogP contribution < -0.4 is 11.3 Å². The van der Waals surface area contributed by atoms with Crippen LogP contribution in [0.2, 0.25) is 0 Å². The predicted octanol–water partition coefficient (Wildman–Crippen LogP) is 0.912. The number of anilines is 1. The van der Waals surface area contributed by atoms with Crippen LogP contribution in [0.4, 0.5) is 5.13 Å². The zero-order valence-corrected chi connectivity index (χ0v) is 9.92. The van der Waals surface area contributed by atoms with E-state index in [1.165, 1.54) is 17.8 Å². The van der Waals surface area contributed by atoms with E-state index >= 15 is 0 Å². The number of aromatic nitrogens is 2. The van der Waals surface area contributed by atoms with Crippen molar-refractivity contribution in [2.24, 2.45) is 17.7 Å². The van der Waals surface area contributed by atoms with Crippen molar-refractivity contribution < 1.29 is 0 Å². The van der Waals surface area contributed by atoms with Gasteiger partial charge in [-0.25, -0.2) is 5.84 Å². The van der Waals surface area contributed by atoms with Crippen LogP contribution in [0, 0.1) is 11.8 Å². The summed E-state index contributed by atoms with van der Waals surface area (Å²) < 4.78 is 0. The van der Waals surface area contributed by atoms with Gasteiger partial charge in [-0.1, -0.05) is 18.3 Å². The van der Waals surface area contributed by atoms with Gasteiger partial charge in [0, 0.05) is 6.54 Å². The SMILES string of the molecule is CC1CC1CN(C)Cc1nnc(NN)s1. The van der Waals surface area contributed by atoms with E-state index in [4.69, 9.17) is 5.84 Å². The Balaban J connectivity index is 1.80. The first-order chi connectivity index (χ1) is 7.19. The molecule has 0 amide bonds. The molecular weight excluding hydrogens is 210 g/mol. The summed E-state index contributed by atoms with van der Waals surface area (Å²) in [5.74, 6) is 7.04. The molecule has 1 saturated carbocycles. The molecule has 1 aromatic heterocycles. The Morgan fingerprint density at radius 3 is 2.87 bits per heavy atom. The molecule has 2 atom stereocenters. The smallest absolute Gasteiger partial charge is 0.219 e. The molecule has 6 heteroatoms. The molecule has 0 radical (unpaired) electrons. The third-order valence-electron chi connectivity index (χ3n) is 2.82. The average Bonchev–Trinajstić information content (AvgIpc) is 2.72. The molecule has 1 heterocycles. The van der Waals surface area contributed by atoms with Crippen LogP contribution in [-0.4, -0.2) is 28.7 Å². The number of nitrogen functional groups attached to an aromatic ring is 1. The molecule has 0 saturated heterocycles. The fraction of sp³-hybridized carbons (Fsp3) is 0.778. The van der Waals surface area contributed by atoms with E-state index in [2.05, 4.69) is 34.5 Å². The Kier molecular flexibility index (Phi) is 3.18. The van der Waals surface area contributed by atoms with Gasteiger partial charge in [0.2, 0.25) is 5.13 Å². The van der Waals surface area contributed by atoms with Crippen LogP contribution in [-0.2, 0) is 6.54 Å². The van der Waals surface area contributed by atoms with Crippen molar-refractivity contribution in [3.63, 3.8) is 0 Å². The van der Waals surface area contributed by atoms with E-state index in [0.717, 1.165) is 29.9 Å². The Morgan fingerprint density at radius 2 is 2.33 bits per heavy atom. The molecule has 1 aliphatic rings. The van der Waals surface area contributed by atoms with Gasteiger partial charge >= 0.3 is 0 Å². The number of nitrogens with two attached hydrogens (primary N) is 1. The molecule has 2 unspecified atom stereocenters. The monoisotopic (exact) mass is 227 g/mol. The zero-order valence-electron chi connectivity index (χ0n) is 9.10. The molecule has 1 fully saturated rings. The number of nitrogens with one attached hydrogen (secondary N) is 1. The topological polar surface area (TPSA) is 67.1 Å². The molecule has 0 bridgehead atoms. The van der Waals surface area contributed by atoms with Crippen molar-refractivity contribution in [2.75, 3.05) is 19.0 Å². The van der Waals surface area contributed by atoms with Gasteiger partial charge in [0.15, 0.2) is 0 Å². The van der Waals surface area contributed by atoms with E-state index in [1.54, 1.807) is 0 Å². The maximum atomic E-state index is 5.25. The van der Waals surface area contributed by atoms with Gasteiger partial charge in [0.05, 0.1) is 6.54 Å². The van der Waals surface area contributed by atoms with Crippen LogP contribution in [0.3, 0.4) is 0 Å². The van der Waals surface area contributed by atoms with E-state index in [-0.39, 0.29) is 0 Å². The first-order valence-corrected chi connectivity index (χ1v) is 5.98. The van der Waals surface area contributed by atoms with E-state index in [9.17, 15) is 0 Å². The highest BCUT2D eigenvalue weighted by Crippen LogP contribution is 2.38. The van der Waals surface area contributed by atoms with Crippen LogP contribution in [0.1, 0.15) is 18.4 Å². The van der Waals surface area contributed by atoms with Crippen molar-refractivity contribution >= 4 is 16.5 Å². The van der Waals surface area contributed by atoms with Crippen LogP contribution in [0.25, 0.3) is 0 Å². The van der Waals surface area contributed by atoms with Crippen molar-refractivity contribution in [3.05, 3.63) is 5.01 Å². The average molecular weight is 227 g/mol. The fourth-order valence-corrected chi connectivity index (χ4v) is 2.46. The van der Waals surface area contributed by atoms with Crippen molar-refractivity contribution in [1.29, 1.82) is 0 Å². The lowest BCUT2D eigenvalue weighted by atomic mass is 10.3. The first kappa shape index (κ1) is 10.8. The number of hydrazine groups is 1. The summed E-state index contributed by atoms with van der Waals surface area (Å²) in [7, 11) is 2.13. The first-order valence-electron chi connectivity index (χ1n) is 5.16. The molecule has 1 aromatic rings. The third-order valence-corrected chi connectivity index (χ3v) is 3.66. The van der Waals surface area contributed by atoms with Gasteiger partial charge in [-0.05, 0) is 25.3 Å². The molecule has 2 rings (SSSR count). The summed E-state index contributed by atoms with van der Waals surface area (Å²) >= 11 is 1.51. The Hall–Kier alpha value is -0.720. The van der Waals surface area contributed by atoms with E-state index in [1.807, 2.05) is 0 Å². The highest BCUT2D eigenvalue weighted by atomic mass is 32.1. The standard InChI is InChI=1S/C9H17N5S/c1-6-3-7(6)4-14(2)5-8-12-13-9(11-10)15-8/h6-7H,3-5,10H2,1-2H3,(H,11,13). The van der Waals surface area contributed by atoms with Crippen LogP contribution >= 0.6 is 11.3 Å². The summed E-state index contributed by atoms with van der Waals surface area (Å²) in [6.45, 7) is 4.33. The van der Waals surface area contributed by atoms with E-state index in [0.29, 0.717) is 5.13 Å². The molecule has 5 nitrogen and oxygen atoms in total. The normalized spacial score (nSPS) is 24.5. The minimum Gasteiger partial charge on any atom is -0.299 e. The molecule has 84 valence electrons. The van der Waals surface area contributed by atoms with Crippen molar-refractivity contribution in [1.82, 2.24) is 15.1 Å². The van der Waals surface area contributed by atoms with Gasteiger partial charge in [-0.15, -0.1) is 10.2 Å². The molecule has 0 aromatic carbocycles. The molecule has 15 heavy (non-hydrogen) atoms. The van der Waals surface area contributed by atoms with Crippen molar-refractivity contribution in [2.45, 2.75) is 19.9 Å². The van der Waals surface area contributed by atoms with Gasteiger partial charge in [-0.2, -0.15) is 0 Å². The van der Waals surface area contributed by atoms with Gasteiger partial charge in [0.25, 0.3) is 0 Å². The molecule has 0 aliphatic heterocycles. The Bertz CT molecular complexity index is 326. The van der Waals surface area contributed by atoms with Gasteiger partial charge in [0.1, 0.15) is 5.01 Å². The Morgan fingerprint density at radius 1 is 1.60 bits per heavy atom. The number of hydrogen-bond donors (Lipinski definition) is 2. The summed E-state index contributed by atoms with van der Waals surface area (Å²) in [6, 6.07) is 0. The van der Waals surface area contributed by atoms with Crippen LogP contribution in [0.5, 0.6) is 0 Å². The maximum absolute atomic E-state index is 5.25. The molecule has 1 aliphatic carbocycles. The summed E-state index contributed by atoms with van der Waals surface area (Å²) in [6.07, 6.45) is 1.37. The molecule has 0 spiro atoms. The second-order valence-corrected chi connectivity index (χ2v) is 5.38. The minimum absolute atomic E-state index is 0.679. The second kappa shape index (κ2) is 4.42.